The van der Waals surface area contributed by atoms with Gasteiger partial charge in [-0.05, 0) is 18.2 Å². The second-order valence-electron chi connectivity index (χ2n) is 3.83. The van der Waals surface area contributed by atoms with Gasteiger partial charge in [0.25, 0.3) is 5.56 Å². The molecule has 1 heterocycles. The van der Waals surface area contributed by atoms with E-state index in [1.165, 1.54) is 23.2 Å². The molecule has 0 atom stereocenters. The Hall–Kier alpha value is -2.34. The molecule has 98 valence electrons. The van der Waals surface area contributed by atoms with Crippen LogP contribution in [0.25, 0.3) is 0 Å². The number of carbonyl (C=O) groups excluding carboxylic acids is 1. The molecule has 0 saturated carbocycles. The number of halogens is 1. The largest absolute Gasteiger partial charge is 0.399 e. The molecular formula is C12H11ClN4O2. The first-order valence-electron chi connectivity index (χ1n) is 5.41. The van der Waals surface area contributed by atoms with E-state index in [0.717, 1.165) is 0 Å². The maximum atomic E-state index is 11.8. The molecule has 0 aliphatic rings. The first kappa shape index (κ1) is 13.1. The van der Waals surface area contributed by atoms with Crippen molar-refractivity contribution in [2.24, 2.45) is 0 Å². The number of carbonyl (C=O) groups is 1. The van der Waals surface area contributed by atoms with Gasteiger partial charge in [0.2, 0.25) is 5.91 Å². The van der Waals surface area contributed by atoms with Gasteiger partial charge >= 0.3 is 0 Å². The first-order valence-corrected chi connectivity index (χ1v) is 5.79. The third-order valence-corrected chi connectivity index (χ3v) is 2.70. The lowest BCUT2D eigenvalue weighted by Gasteiger charge is -2.08. The van der Waals surface area contributed by atoms with Crippen LogP contribution in [0.15, 0.2) is 41.6 Å². The second kappa shape index (κ2) is 5.53. The third-order valence-electron chi connectivity index (χ3n) is 2.37. The molecule has 0 radical (unpaired) electrons. The Balaban J connectivity index is 2.12. The Kier molecular flexibility index (Phi) is 3.82. The highest BCUT2D eigenvalue weighted by atomic mass is 35.5. The van der Waals surface area contributed by atoms with Crippen LogP contribution in [0.2, 0.25) is 5.02 Å². The molecule has 0 aliphatic carbocycles. The van der Waals surface area contributed by atoms with Gasteiger partial charge in [-0.2, -0.15) is 0 Å². The normalized spacial score (nSPS) is 10.2. The van der Waals surface area contributed by atoms with Crippen LogP contribution in [0.3, 0.4) is 0 Å². The van der Waals surface area contributed by atoms with Crippen molar-refractivity contribution in [2.45, 2.75) is 6.54 Å². The fraction of sp³-hybridized carbons (Fsp3) is 0.0833. The van der Waals surface area contributed by atoms with Crippen LogP contribution in [-0.4, -0.2) is 15.5 Å². The minimum absolute atomic E-state index is 0.141. The van der Waals surface area contributed by atoms with Crippen LogP contribution in [0.1, 0.15) is 0 Å². The van der Waals surface area contributed by atoms with Crippen LogP contribution in [0.5, 0.6) is 0 Å². The number of aromatic nitrogens is 2. The summed E-state index contributed by atoms with van der Waals surface area (Å²) in [6.45, 7) is -0.141. The minimum Gasteiger partial charge on any atom is -0.399 e. The van der Waals surface area contributed by atoms with Crippen LogP contribution in [0, 0.1) is 0 Å². The fourth-order valence-electron chi connectivity index (χ4n) is 1.48. The van der Waals surface area contributed by atoms with Gasteiger partial charge in [0.15, 0.2) is 0 Å². The van der Waals surface area contributed by atoms with E-state index >= 15 is 0 Å². The minimum atomic E-state index is -0.386. The number of hydrogen-bond acceptors (Lipinski definition) is 4. The van der Waals surface area contributed by atoms with Crippen molar-refractivity contribution >= 4 is 28.9 Å². The standard InChI is InChI=1S/C12H11ClN4O2/c13-9-2-1-8(14)5-10(9)16-11(18)6-17-7-15-4-3-12(17)19/h1-5,7H,6,14H2,(H,16,18). The summed E-state index contributed by atoms with van der Waals surface area (Å²) in [6.07, 6.45) is 2.66. The average molecular weight is 279 g/mol. The Labute approximate surface area is 113 Å². The highest BCUT2D eigenvalue weighted by Gasteiger charge is 2.07. The van der Waals surface area contributed by atoms with Gasteiger partial charge in [0.05, 0.1) is 17.0 Å². The van der Waals surface area contributed by atoms with Crippen molar-refractivity contribution in [1.29, 1.82) is 0 Å². The lowest BCUT2D eigenvalue weighted by molar-refractivity contribution is -0.116. The molecule has 0 unspecified atom stereocenters. The molecule has 6 nitrogen and oxygen atoms in total. The quantitative estimate of drug-likeness (QED) is 0.823. The van der Waals surface area contributed by atoms with E-state index in [0.29, 0.717) is 16.4 Å². The smallest absolute Gasteiger partial charge is 0.253 e. The number of nitrogens with one attached hydrogen (secondary N) is 1. The number of anilines is 2. The lowest BCUT2D eigenvalue weighted by Crippen LogP contribution is -2.27. The highest BCUT2D eigenvalue weighted by Crippen LogP contribution is 2.23. The molecule has 2 rings (SSSR count). The second-order valence-corrected chi connectivity index (χ2v) is 4.24. The zero-order valence-corrected chi connectivity index (χ0v) is 10.6. The molecular weight excluding hydrogens is 268 g/mol. The van der Waals surface area contributed by atoms with E-state index in [-0.39, 0.29) is 18.0 Å². The number of nitrogens with two attached hydrogens (primary N) is 1. The van der Waals surface area contributed by atoms with Crippen molar-refractivity contribution in [2.75, 3.05) is 11.1 Å². The number of nitrogen functional groups attached to an aromatic ring is 1. The van der Waals surface area contributed by atoms with E-state index in [9.17, 15) is 9.59 Å². The van der Waals surface area contributed by atoms with Crippen molar-refractivity contribution < 1.29 is 4.79 Å². The molecule has 0 fully saturated rings. The highest BCUT2D eigenvalue weighted by molar-refractivity contribution is 6.33. The zero-order chi connectivity index (χ0) is 13.8. The molecule has 1 amide bonds. The summed E-state index contributed by atoms with van der Waals surface area (Å²) >= 11 is 5.92. The lowest BCUT2D eigenvalue weighted by atomic mass is 10.3. The molecule has 3 N–H and O–H groups in total. The Bertz CT molecular complexity index is 669. The Morgan fingerprint density at radius 2 is 2.21 bits per heavy atom. The van der Waals surface area contributed by atoms with Crippen LogP contribution in [0.4, 0.5) is 11.4 Å². The van der Waals surface area contributed by atoms with E-state index in [1.807, 2.05) is 0 Å². The molecule has 0 saturated heterocycles. The maximum Gasteiger partial charge on any atom is 0.253 e. The topological polar surface area (TPSA) is 90.0 Å². The van der Waals surface area contributed by atoms with Gasteiger partial charge in [-0.3, -0.25) is 14.2 Å². The van der Waals surface area contributed by atoms with Crippen LogP contribution in [-0.2, 0) is 11.3 Å². The van der Waals surface area contributed by atoms with Crippen molar-refractivity contribution in [3.63, 3.8) is 0 Å². The summed E-state index contributed by atoms with van der Waals surface area (Å²) < 4.78 is 1.19. The van der Waals surface area contributed by atoms with E-state index in [2.05, 4.69) is 10.3 Å². The number of nitrogens with zero attached hydrogens (tertiary/aromatic N) is 2. The Morgan fingerprint density at radius 3 is 2.95 bits per heavy atom. The third kappa shape index (κ3) is 3.32. The van der Waals surface area contributed by atoms with E-state index < -0.39 is 0 Å². The van der Waals surface area contributed by atoms with Crippen molar-refractivity contribution in [3.8, 4) is 0 Å². The first-order chi connectivity index (χ1) is 9.06. The van der Waals surface area contributed by atoms with Gasteiger partial charge in [0.1, 0.15) is 6.54 Å². The van der Waals surface area contributed by atoms with E-state index in [1.54, 1.807) is 18.2 Å². The van der Waals surface area contributed by atoms with Gasteiger partial charge < -0.3 is 11.1 Å². The summed E-state index contributed by atoms with van der Waals surface area (Å²) in [6, 6.07) is 6.04. The van der Waals surface area contributed by atoms with Crippen LogP contribution < -0.4 is 16.6 Å². The van der Waals surface area contributed by atoms with Crippen molar-refractivity contribution in [3.05, 3.63) is 52.2 Å². The molecule has 0 bridgehead atoms. The van der Waals surface area contributed by atoms with Gasteiger partial charge in [-0.1, -0.05) is 11.6 Å². The number of rotatable bonds is 3. The van der Waals surface area contributed by atoms with Gasteiger partial charge in [0, 0.05) is 18.0 Å². The summed E-state index contributed by atoms with van der Waals surface area (Å²) in [5.41, 5.74) is 6.19. The predicted octanol–water partition coefficient (Wildman–Crippen LogP) is 1.12. The molecule has 0 spiro atoms. The average Bonchev–Trinajstić information content (AvgIpc) is 2.37. The fourth-order valence-corrected chi connectivity index (χ4v) is 1.65. The summed E-state index contributed by atoms with van der Waals surface area (Å²) in [4.78, 5) is 27.0. The van der Waals surface area contributed by atoms with Crippen molar-refractivity contribution in [1.82, 2.24) is 9.55 Å². The SMILES string of the molecule is Nc1ccc(Cl)c(NC(=O)Cn2cnccc2=O)c1. The molecule has 1 aromatic heterocycles. The van der Waals surface area contributed by atoms with Gasteiger partial charge in [-0.25, -0.2) is 4.98 Å². The molecule has 1 aromatic carbocycles. The number of hydrogen-bond donors (Lipinski definition) is 2. The molecule has 19 heavy (non-hydrogen) atoms. The number of benzene rings is 1. The monoisotopic (exact) mass is 278 g/mol. The summed E-state index contributed by atoms with van der Waals surface area (Å²) in [5.74, 6) is -0.386. The molecule has 0 aliphatic heterocycles. The molecule has 7 heteroatoms. The predicted molar refractivity (Wildman–Crippen MR) is 73.0 cm³/mol. The number of amides is 1. The molecule has 2 aromatic rings. The summed E-state index contributed by atoms with van der Waals surface area (Å²) in [5, 5.41) is 2.96. The van der Waals surface area contributed by atoms with Gasteiger partial charge in [-0.15, -0.1) is 0 Å². The maximum absolute atomic E-state index is 11.8. The Morgan fingerprint density at radius 1 is 1.42 bits per heavy atom. The van der Waals surface area contributed by atoms with E-state index in [4.69, 9.17) is 17.3 Å². The summed E-state index contributed by atoms with van der Waals surface area (Å²) in [7, 11) is 0. The van der Waals surface area contributed by atoms with Crippen LogP contribution >= 0.6 is 11.6 Å². The zero-order valence-electron chi connectivity index (χ0n) is 9.84.